The van der Waals surface area contributed by atoms with Crippen molar-refractivity contribution in [1.29, 1.82) is 0 Å². The zero-order valence-electron chi connectivity index (χ0n) is 32.2. The summed E-state index contributed by atoms with van der Waals surface area (Å²) in [6.07, 6.45) is 36.9. The molecule has 0 aromatic rings. The molecular weight excluding hydrogens is 598 g/mol. The Kier molecular flexibility index (Phi) is 35.2. The van der Waals surface area contributed by atoms with Crippen molar-refractivity contribution < 1.29 is 25.2 Å². The highest BCUT2D eigenvalue weighted by Crippen LogP contribution is 2.17. The smallest absolute Gasteiger partial charge is 0.249 e. The fourth-order valence-electron chi connectivity index (χ4n) is 6.54. The SMILES string of the molecule is CCCCCCCCCCCCCCCCCCC=CCC(O)C(=O)NC(CO)C(O)C(O)CCCCCCCCCCCCC(C)C. The second-order valence-corrected chi connectivity index (χ2v) is 15.2. The Morgan fingerprint density at radius 3 is 1.38 bits per heavy atom. The van der Waals surface area contributed by atoms with Crippen LogP contribution in [-0.4, -0.2) is 57.3 Å². The van der Waals surface area contributed by atoms with Crippen LogP contribution in [0.15, 0.2) is 12.2 Å². The Labute approximate surface area is 298 Å². The molecule has 4 atom stereocenters. The molecule has 286 valence electrons. The van der Waals surface area contributed by atoms with E-state index in [2.05, 4.69) is 26.1 Å². The van der Waals surface area contributed by atoms with Gasteiger partial charge >= 0.3 is 0 Å². The first-order valence-corrected chi connectivity index (χ1v) is 20.9. The van der Waals surface area contributed by atoms with Gasteiger partial charge in [0.15, 0.2) is 0 Å². The second kappa shape index (κ2) is 35.9. The van der Waals surface area contributed by atoms with Crippen LogP contribution in [0, 0.1) is 5.92 Å². The Morgan fingerprint density at radius 2 is 0.958 bits per heavy atom. The van der Waals surface area contributed by atoms with Gasteiger partial charge in [-0.3, -0.25) is 4.79 Å². The molecule has 0 radical (unpaired) electrons. The molecule has 6 nitrogen and oxygen atoms in total. The third kappa shape index (κ3) is 31.1. The van der Waals surface area contributed by atoms with Crippen LogP contribution < -0.4 is 5.32 Å². The summed E-state index contributed by atoms with van der Waals surface area (Å²) >= 11 is 0. The molecule has 5 N–H and O–H groups in total. The van der Waals surface area contributed by atoms with Crippen LogP contribution in [0.1, 0.15) is 213 Å². The van der Waals surface area contributed by atoms with E-state index in [0.29, 0.717) is 6.42 Å². The van der Waals surface area contributed by atoms with Crippen LogP contribution in [0.3, 0.4) is 0 Å². The Hall–Kier alpha value is -0.950. The topological polar surface area (TPSA) is 110 Å². The van der Waals surface area contributed by atoms with Gasteiger partial charge in [-0.25, -0.2) is 0 Å². The predicted molar refractivity (Wildman–Crippen MR) is 205 cm³/mol. The van der Waals surface area contributed by atoms with E-state index in [1.165, 1.54) is 148 Å². The molecule has 0 fully saturated rings. The highest BCUT2D eigenvalue weighted by atomic mass is 16.3. The Balaban J connectivity index is 3.78. The van der Waals surface area contributed by atoms with Gasteiger partial charge in [0.1, 0.15) is 12.2 Å². The number of carbonyl (C=O) groups excluding carboxylic acids is 1. The van der Waals surface area contributed by atoms with Crippen molar-refractivity contribution in [2.45, 2.75) is 238 Å². The fraction of sp³-hybridized carbons (Fsp3) is 0.929. The van der Waals surface area contributed by atoms with Crippen molar-refractivity contribution in [2.75, 3.05) is 6.61 Å². The molecule has 1 amide bonds. The number of hydrogen-bond acceptors (Lipinski definition) is 5. The Bertz CT molecular complexity index is 700. The Morgan fingerprint density at radius 1 is 0.562 bits per heavy atom. The van der Waals surface area contributed by atoms with Crippen LogP contribution in [0.25, 0.3) is 0 Å². The van der Waals surface area contributed by atoms with Crippen molar-refractivity contribution in [3.63, 3.8) is 0 Å². The monoisotopic (exact) mass is 682 g/mol. The molecule has 0 aliphatic heterocycles. The first-order chi connectivity index (χ1) is 23.3. The summed E-state index contributed by atoms with van der Waals surface area (Å²) in [4.78, 5) is 12.4. The molecule has 0 bridgehead atoms. The van der Waals surface area contributed by atoms with Gasteiger partial charge < -0.3 is 25.7 Å². The number of rotatable bonds is 37. The van der Waals surface area contributed by atoms with E-state index in [9.17, 15) is 25.2 Å². The van der Waals surface area contributed by atoms with Crippen LogP contribution in [-0.2, 0) is 4.79 Å². The third-order valence-electron chi connectivity index (χ3n) is 9.92. The predicted octanol–water partition coefficient (Wildman–Crippen LogP) is 10.5. The van der Waals surface area contributed by atoms with E-state index >= 15 is 0 Å². The molecule has 4 unspecified atom stereocenters. The lowest BCUT2D eigenvalue weighted by molar-refractivity contribution is -0.132. The number of carbonyl (C=O) groups is 1. The first-order valence-electron chi connectivity index (χ1n) is 20.9. The van der Waals surface area contributed by atoms with E-state index in [1.807, 2.05) is 12.2 Å². The molecule has 0 spiro atoms. The van der Waals surface area contributed by atoms with Gasteiger partial charge in [0, 0.05) is 6.42 Å². The molecule has 0 aliphatic rings. The average Bonchev–Trinajstić information content (AvgIpc) is 3.07. The van der Waals surface area contributed by atoms with Crippen LogP contribution in [0.4, 0.5) is 0 Å². The van der Waals surface area contributed by atoms with E-state index in [0.717, 1.165) is 38.0 Å². The van der Waals surface area contributed by atoms with Gasteiger partial charge in [-0.1, -0.05) is 200 Å². The van der Waals surface area contributed by atoms with Crippen molar-refractivity contribution >= 4 is 5.91 Å². The van der Waals surface area contributed by atoms with Crippen molar-refractivity contribution in [3.05, 3.63) is 12.2 Å². The summed E-state index contributed by atoms with van der Waals surface area (Å²) in [6.45, 7) is 6.35. The highest BCUT2D eigenvalue weighted by molar-refractivity contribution is 5.81. The van der Waals surface area contributed by atoms with Crippen molar-refractivity contribution in [2.24, 2.45) is 5.92 Å². The molecule has 6 heteroatoms. The van der Waals surface area contributed by atoms with E-state index in [4.69, 9.17) is 0 Å². The van der Waals surface area contributed by atoms with Gasteiger partial charge in [-0.05, 0) is 25.2 Å². The number of nitrogens with one attached hydrogen (secondary N) is 1. The normalized spacial score (nSPS) is 14.5. The van der Waals surface area contributed by atoms with Crippen LogP contribution in [0.5, 0.6) is 0 Å². The zero-order chi connectivity index (χ0) is 35.5. The lowest BCUT2D eigenvalue weighted by atomic mass is 9.99. The first kappa shape index (κ1) is 47.0. The lowest BCUT2D eigenvalue weighted by Gasteiger charge is -2.27. The summed E-state index contributed by atoms with van der Waals surface area (Å²) in [5, 5.41) is 43.5. The molecule has 0 aliphatic carbocycles. The molecule has 0 heterocycles. The van der Waals surface area contributed by atoms with Gasteiger partial charge in [0.25, 0.3) is 0 Å². The molecule has 0 rings (SSSR count). The minimum Gasteiger partial charge on any atom is -0.394 e. The molecular formula is C42H83NO5. The average molecular weight is 682 g/mol. The van der Waals surface area contributed by atoms with Gasteiger partial charge in [0.05, 0.1) is 18.8 Å². The summed E-state index contributed by atoms with van der Waals surface area (Å²) in [5.74, 6) is 0.179. The van der Waals surface area contributed by atoms with E-state index in [-0.39, 0.29) is 6.42 Å². The number of aliphatic hydroxyl groups excluding tert-OH is 4. The van der Waals surface area contributed by atoms with E-state index < -0.39 is 36.9 Å². The largest absolute Gasteiger partial charge is 0.394 e. The van der Waals surface area contributed by atoms with Gasteiger partial charge in [-0.2, -0.15) is 0 Å². The molecule has 0 saturated heterocycles. The maximum atomic E-state index is 12.4. The maximum Gasteiger partial charge on any atom is 0.249 e. The number of unbranched alkanes of at least 4 members (excludes halogenated alkanes) is 25. The van der Waals surface area contributed by atoms with E-state index in [1.54, 1.807) is 0 Å². The quantitative estimate of drug-likeness (QED) is 0.0331. The second-order valence-electron chi connectivity index (χ2n) is 15.2. The molecule has 0 aromatic carbocycles. The highest BCUT2D eigenvalue weighted by Gasteiger charge is 2.28. The van der Waals surface area contributed by atoms with Gasteiger partial charge in [0.2, 0.25) is 5.91 Å². The summed E-state index contributed by atoms with van der Waals surface area (Å²) in [5.41, 5.74) is 0. The molecule has 0 saturated carbocycles. The minimum absolute atomic E-state index is 0.194. The maximum absolute atomic E-state index is 12.4. The van der Waals surface area contributed by atoms with Crippen molar-refractivity contribution in [1.82, 2.24) is 5.32 Å². The van der Waals surface area contributed by atoms with Gasteiger partial charge in [-0.15, -0.1) is 0 Å². The fourth-order valence-corrected chi connectivity index (χ4v) is 6.54. The number of aliphatic hydroxyl groups is 4. The molecule has 48 heavy (non-hydrogen) atoms. The van der Waals surface area contributed by atoms with Crippen LogP contribution in [0.2, 0.25) is 0 Å². The number of allylic oxidation sites excluding steroid dienone is 1. The third-order valence-corrected chi connectivity index (χ3v) is 9.92. The summed E-state index contributed by atoms with van der Waals surface area (Å²) in [6, 6.07) is -1.00. The number of hydrogen-bond donors (Lipinski definition) is 5. The van der Waals surface area contributed by atoms with Crippen molar-refractivity contribution in [3.8, 4) is 0 Å². The lowest BCUT2D eigenvalue weighted by Crippen LogP contribution is -2.53. The minimum atomic E-state index is -1.27. The summed E-state index contributed by atoms with van der Waals surface area (Å²) in [7, 11) is 0. The standard InChI is InChI=1S/C42H83NO5/c1-4-5-6-7-8-9-10-11-12-13-14-15-16-17-18-23-26-29-32-35-40(46)42(48)43-38(36-44)41(47)39(45)34-31-28-25-22-20-19-21-24-27-30-33-37(2)3/h29,32,37-41,44-47H,4-28,30-31,33-36H2,1-3H3,(H,43,48). The number of amides is 1. The summed E-state index contributed by atoms with van der Waals surface area (Å²) < 4.78 is 0. The molecule has 0 aromatic heterocycles. The zero-order valence-corrected chi connectivity index (χ0v) is 32.2. The van der Waals surface area contributed by atoms with Crippen LogP contribution >= 0.6 is 0 Å².